The highest BCUT2D eigenvalue weighted by molar-refractivity contribution is 5.75. The van der Waals surface area contributed by atoms with E-state index >= 15 is 0 Å². The van der Waals surface area contributed by atoms with Crippen LogP contribution in [0.2, 0.25) is 0 Å². The second-order valence-electron chi connectivity index (χ2n) is 3.86. The van der Waals surface area contributed by atoms with Gasteiger partial charge in [-0.2, -0.15) is 5.26 Å². The SMILES string of the molecule is O=C(CCCC1CCCCC1)OO.[AlH3]. The van der Waals surface area contributed by atoms with E-state index in [1.54, 1.807) is 0 Å². The zero-order chi connectivity index (χ0) is 9.52. The van der Waals surface area contributed by atoms with E-state index < -0.39 is 5.97 Å². The summed E-state index contributed by atoms with van der Waals surface area (Å²) in [7, 11) is 0. The van der Waals surface area contributed by atoms with E-state index in [2.05, 4.69) is 4.89 Å². The zero-order valence-corrected chi connectivity index (χ0v) is 8.00. The first-order valence-electron chi connectivity index (χ1n) is 5.17. The van der Waals surface area contributed by atoms with Gasteiger partial charge in [0.1, 0.15) is 0 Å². The van der Waals surface area contributed by atoms with Gasteiger partial charge in [0, 0.05) is 6.42 Å². The van der Waals surface area contributed by atoms with E-state index in [-0.39, 0.29) is 17.4 Å². The Kier molecular flexibility index (Phi) is 8.26. The van der Waals surface area contributed by atoms with Gasteiger partial charge in [-0.3, -0.25) is 0 Å². The Bertz CT molecular complexity index is 155. The Morgan fingerprint density at radius 1 is 1.29 bits per heavy atom. The second kappa shape index (κ2) is 8.29. The summed E-state index contributed by atoms with van der Waals surface area (Å²) in [5.74, 6) is 0.302. The average molecular weight is 216 g/mol. The molecule has 1 N–H and O–H groups in total. The molecule has 4 heteroatoms. The van der Waals surface area contributed by atoms with E-state index in [1.807, 2.05) is 0 Å². The van der Waals surface area contributed by atoms with Gasteiger partial charge < -0.3 is 4.89 Å². The Labute approximate surface area is 95.9 Å². The second-order valence-corrected chi connectivity index (χ2v) is 3.86. The summed E-state index contributed by atoms with van der Waals surface area (Å²) in [5.41, 5.74) is 0. The number of carbonyl (C=O) groups excluding carboxylic acids is 1. The molecule has 0 saturated heterocycles. The Hall–Kier alpha value is -0.0375. The predicted molar refractivity (Wildman–Crippen MR) is 59.1 cm³/mol. The molecule has 0 unspecified atom stereocenters. The van der Waals surface area contributed by atoms with Crippen molar-refractivity contribution in [1.82, 2.24) is 0 Å². The van der Waals surface area contributed by atoms with Gasteiger partial charge in [-0.25, -0.2) is 4.79 Å². The number of hydrogen-bond donors (Lipinski definition) is 1. The molecule has 0 heterocycles. The highest BCUT2D eigenvalue weighted by Crippen LogP contribution is 2.27. The van der Waals surface area contributed by atoms with Crippen LogP contribution in [0.15, 0.2) is 0 Å². The molecule has 0 spiro atoms. The molecule has 3 nitrogen and oxygen atoms in total. The van der Waals surface area contributed by atoms with Crippen LogP contribution in [0.3, 0.4) is 0 Å². The van der Waals surface area contributed by atoms with E-state index in [0.29, 0.717) is 6.42 Å². The lowest BCUT2D eigenvalue weighted by molar-refractivity contribution is -0.234. The quantitative estimate of drug-likeness (QED) is 0.441. The fourth-order valence-electron chi connectivity index (χ4n) is 2.06. The van der Waals surface area contributed by atoms with Gasteiger partial charge in [0.2, 0.25) is 0 Å². The first kappa shape index (κ1) is 14.0. The molecule has 1 saturated carbocycles. The average Bonchev–Trinajstić information content (AvgIpc) is 2.19. The lowest BCUT2D eigenvalue weighted by Crippen LogP contribution is -2.07. The molecule has 0 bridgehead atoms. The van der Waals surface area contributed by atoms with Crippen molar-refractivity contribution in [3.05, 3.63) is 0 Å². The van der Waals surface area contributed by atoms with E-state index in [4.69, 9.17) is 5.26 Å². The molecule has 0 aromatic rings. The van der Waals surface area contributed by atoms with Crippen LogP contribution in [0, 0.1) is 5.92 Å². The normalized spacial score (nSPS) is 17.2. The molecule has 0 amide bonds. The summed E-state index contributed by atoms with van der Waals surface area (Å²) in [4.78, 5) is 14.2. The minimum absolute atomic E-state index is 0. The van der Waals surface area contributed by atoms with Crippen molar-refractivity contribution in [2.45, 2.75) is 51.4 Å². The summed E-state index contributed by atoms with van der Waals surface area (Å²) in [6.07, 6.45) is 8.99. The molecule has 0 aromatic heterocycles. The third kappa shape index (κ3) is 5.64. The summed E-state index contributed by atoms with van der Waals surface area (Å²) in [6.45, 7) is 0. The lowest BCUT2D eigenvalue weighted by Gasteiger charge is -2.20. The van der Waals surface area contributed by atoms with Gasteiger partial charge in [-0.15, -0.1) is 0 Å². The number of rotatable bonds is 4. The topological polar surface area (TPSA) is 46.5 Å². The molecule has 1 aliphatic rings. The van der Waals surface area contributed by atoms with E-state index in [9.17, 15) is 4.79 Å². The van der Waals surface area contributed by atoms with Crippen LogP contribution in [0.25, 0.3) is 0 Å². The molecule has 1 rings (SSSR count). The van der Waals surface area contributed by atoms with E-state index in [1.165, 1.54) is 32.1 Å². The van der Waals surface area contributed by atoms with Crippen molar-refractivity contribution in [3.63, 3.8) is 0 Å². The molecule has 0 aliphatic heterocycles. The van der Waals surface area contributed by atoms with Gasteiger partial charge >= 0.3 is 5.97 Å². The predicted octanol–water partition coefficient (Wildman–Crippen LogP) is 1.57. The molecule has 1 aliphatic carbocycles. The summed E-state index contributed by atoms with van der Waals surface area (Å²) in [6, 6.07) is 0. The molecule has 14 heavy (non-hydrogen) atoms. The van der Waals surface area contributed by atoms with Crippen LogP contribution in [-0.2, 0) is 9.68 Å². The Morgan fingerprint density at radius 2 is 1.93 bits per heavy atom. The summed E-state index contributed by atoms with van der Waals surface area (Å²) < 4.78 is 0. The third-order valence-corrected chi connectivity index (χ3v) is 2.82. The highest BCUT2D eigenvalue weighted by atomic mass is 27.0. The number of carbonyl (C=O) groups is 1. The molecule has 0 atom stereocenters. The first-order chi connectivity index (χ1) is 6.33. The van der Waals surface area contributed by atoms with Gasteiger partial charge in [-0.05, 0) is 18.8 Å². The fraction of sp³-hybridized carbons (Fsp3) is 0.900. The maximum absolute atomic E-state index is 10.6. The van der Waals surface area contributed by atoms with Crippen LogP contribution in [0.1, 0.15) is 51.4 Å². The minimum Gasteiger partial charge on any atom is -0.301 e. The van der Waals surface area contributed by atoms with Crippen molar-refractivity contribution < 1.29 is 14.9 Å². The van der Waals surface area contributed by atoms with Gasteiger partial charge in [-0.1, -0.05) is 32.1 Å². The maximum atomic E-state index is 10.6. The smallest absolute Gasteiger partial charge is 0.301 e. The van der Waals surface area contributed by atoms with Gasteiger partial charge in [0.25, 0.3) is 0 Å². The van der Waals surface area contributed by atoms with Crippen LogP contribution in [0.5, 0.6) is 0 Å². The fourth-order valence-corrected chi connectivity index (χ4v) is 2.06. The summed E-state index contributed by atoms with van der Waals surface area (Å²) in [5, 5.41) is 8.02. The van der Waals surface area contributed by atoms with Crippen LogP contribution < -0.4 is 0 Å². The Morgan fingerprint density at radius 3 is 2.50 bits per heavy atom. The standard InChI is InChI=1S/C10H18O3.Al.3H/c11-10(13-12)8-4-7-9-5-2-1-3-6-9;;;;/h9,12H,1-8H2;;;;. The van der Waals surface area contributed by atoms with Crippen LogP contribution in [0.4, 0.5) is 0 Å². The third-order valence-electron chi connectivity index (χ3n) is 2.82. The van der Waals surface area contributed by atoms with Crippen molar-refractivity contribution in [2.75, 3.05) is 0 Å². The first-order valence-corrected chi connectivity index (χ1v) is 5.17. The maximum Gasteiger partial charge on any atom is 0.342 e. The minimum atomic E-state index is -0.504. The lowest BCUT2D eigenvalue weighted by atomic mass is 9.86. The molecule has 0 radical (unpaired) electrons. The van der Waals surface area contributed by atoms with E-state index in [0.717, 1.165) is 18.8 Å². The molecular weight excluding hydrogens is 195 g/mol. The van der Waals surface area contributed by atoms with Crippen LogP contribution in [-0.4, -0.2) is 28.6 Å². The van der Waals surface area contributed by atoms with Gasteiger partial charge in [0.15, 0.2) is 17.4 Å². The Balaban J connectivity index is 0.00000169. The number of hydrogen-bond acceptors (Lipinski definition) is 3. The van der Waals surface area contributed by atoms with Crippen molar-refractivity contribution in [2.24, 2.45) is 5.92 Å². The highest BCUT2D eigenvalue weighted by Gasteiger charge is 2.13. The van der Waals surface area contributed by atoms with Crippen molar-refractivity contribution in [3.8, 4) is 0 Å². The zero-order valence-electron chi connectivity index (χ0n) is 8.00. The molecule has 1 fully saturated rings. The van der Waals surface area contributed by atoms with Crippen molar-refractivity contribution in [1.29, 1.82) is 0 Å². The molecular formula is C10H21AlO3. The largest absolute Gasteiger partial charge is 0.342 e. The summed E-state index contributed by atoms with van der Waals surface area (Å²) >= 11 is 0. The van der Waals surface area contributed by atoms with Gasteiger partial charge in [0.05, 0.1) is 0 Å². The van der Waals surface area contributed by atoms with Crippen LogP contribution >= 0.6 is 0 Å². The van der Waals surface area contributed by atoms with Crippen molar-refractivity contribution >= 4 is 23.3 Å². The molecule has 82 valence electrons. The monoisotopic (exact) mass is 216 g/mol. The molecule has 0 aromatic carbocycles.